The second kappa shape index (κ2) is 3.31. The Morgan fingerprint density at radius 3 is 2.60 bits per heavy atom. The first-order valence-corrected chi connectivity index (χ1v) is 5.80. The van der Waals surface area contributed by atoms with Crippen molar-refractivity contribution in [2.45, 2.75) is 18.3 Å². The van der Waals surface area contributed by atoms with E-state index < -0.39 is 0 Å². The molecule has 1 aromatic heterocycles. The Balaban J connectivity index is 1.80. The van der Waals surface area contributed by atoms with E-state index in [0.29, 0.717) is 17.0 Å². The van der Waals surface area contributed by atoms with Gasteiger partial charge in [-0.3, -0.25) is 0 Å². The van der Waals surface area contributed by atoms with E-state index in [-0.39, 0.29) is 0 Å². The van der Waals surface area contributed by atoms with Crippen molar-refractivity contribution in [3.63, 3.8) is 0 Å². The Morgan fingerprint density at radius 2 is 1.93 bits per heavy atom. The van der Waals surface area contributed by atoms with Crippen molar-refractivity contribution in [1.82, 2.24) is 10.2 Å². The molecule has 0 aliphatic heterocycles. The number of rotatable bonds is 2. The highest BCUT2D eigenvalue weighted by Gasteiger charge is 2.41. The molecule has 1 aliphatic rings. The average molecular weight is 217 g/mol. The van der Waals surface area contributed by atoms with E-state index in [1.54, 1.807) is 0 Å². The van der Waals surface area contributed by atoms with Crippen LogP contribution in [-0.2, 0) is 0 Å². The molecule has 0 bridgehead atoms. The first-order valence-electron chi connectivity index (χ1n) is 4.98. The van der Waals surface area contributed by atoms with Crippen LogP contribution in [0.2, 0.25) is 0 Å². The number of nitrogens with two attached hydrogens (primary N) is 1. The molecule has 0 radical (unpaired) electrons. The van der Waals surface area contributed by atoms with Crippen LogP contribution in [0.1, 0.15) is 28.8 Å². The van der Waals surface area contributed by atoms with Crippen LogP contribution >= 0.6 is 11.3 Å². The highest BCUT2D eigenvalue weighted by Crippen LogP contribution is 2.55. The van der Waals surface area contributed by atoms with Crippen LogP contribution in [0, 0.1) is 0 Å². The predicted molar refractivity (Wildman–Crippen MR) is 60.9 cm³/mol. The molecule has 1 fully saturated rings. The zero-order chi connectivity index (χ0) is 10.3. The summed E-state index contributed by atoms with van der Waals surface area (Å²) in [7, 11) is 0. The molecule has 76 valence electrons. The number of hydrogen-bond donors (Lipinski definition) is 1. The molecule has 15 heavy (non-hydrogen) atoms. The molecule has 0 spiro atoms. The summed E-state index contributed by atoms with van der Waals surface area (Å²) in [6.07, 6.45) is 1.18. The zero-order valence-electron chi connectivity index (χ0n) is 8.13. The molecule has 2 atom stereocenters. The third-order valence-corrected chi connectivity index (χ3v) is 3.68. The molecule has 1 aromatic carbocycles. The van der Waals surface area contributed by atoms with Gasteiger partial charge >= 0.3 is 0 Å². The van der Waals surface area contributed by atoms with E-state index in [1.165, 1.54) is 23.3 Å². The molecule has 1 aliphatic carbocycles. The van der Waals surface area contributed by atoms with Gasteiger partial charge in [-0.05, 0) is 17.9 Å². The van der Waals surface area contributed by atoms with Crippen molar-refractivity contribution in [3.05, 3.63) is 40.9 Å². The van der Waals surface area contributed by atoms with Gasteiger partial charge in [0.25, 0.3) is 0 Å². The summed E-state index contributed by atoms with van der Waals surface area (Å²) in [4.78, 5) is 0. The van der Waals surface area contributed by atoms with Crippen LogP contribution < -0.4 is 5.73 Å². The third-order valence-electron chi connectivity index (χ3n) is 2.79. The molecule has 3 nitrogen and oxygen atoms in total. The van der Waals surface area contributed by atoms with Gasteiger partial charge in [-0.25, -0.2) is 0 Å². The normalized spacial score (nSPS) is 24.0. The third kappa shape index (κ3) is 1.61. The summed E-state index contributed by atoms with van der Waals surface area (Å²) < 4.78 is 0. The standard InChI is InChI=1S/C11H11N3S/c12-11-14-13-10(15-11)9-6-8(9)7-4-2-1-3-5-7/h1-5,8-9H,6H2,(H2,12,14)/t8-,9+/m1/s1. The minimum absolute atomic E-state index is 0.544. The highest BCUT2D eigenvalue weighted by atomic mass is 32.1. The van der Waals surface area contributed by atoms with Gasteiger partial charge in [0.05, 0.1) is 0 Å². The van der Waals surface area contributed by atoms with Gasteiger partial charge in [0.2, 0.25) is 5.13 Å². The summed E-state index contributed by atoms with van der Waals surface area (Å²) in [5, 5.41) is 9.61. The second-order valence-electron chi connectivity index (χ2n) is 3.84. The Hall–Kier alpha value is -1.42. The summed E-state index contributed by atoms with van der Waals surface area (Å²) in [5.41, 5.74) is 6.97. The maximum absolute atomic E-state index is 5.57. The van der Waals surface area contributed by atoms with Crippen LogP contribution in [0.5, 0.6) is 0 Å². The summed E-state index contributed by atoms with van der Waals surface area (Å²) in [6, 6.07) is 10.6. The Kier molecular flexibility index (Phi) is 1.95. The van der Waals surface area contributed by atoms with E-state index >= 15 is 0 Å². The molecule has 4 heteroatoms. The molecule has 0 amide bonds. The van der Waals surface area contributed by atoms with Crippen molar-refractivity contribution < 1.29 is 0 Å². The van der Waals surface area contributed by atoms with Gasteiger partial charge in [-0.2, -0.15) is 0 Å². The molecular weight excluding hydrogens is 206 g/mol. The van der Waals surface area contributed by atoms with Crippen LogP contribution in [0.25, 0.3) is 0 Å². The minimum Gasteiger partial charge on any atom is -0.374 e. The van der Waals surface area contributed by atoms with Gasteiger partial charge in [0.1, 0.15) is 5.01 Å². The van der Waals surface area contributed by atoms with E-state index in [4.69, 9.17) is 5.73 Å². The lowest BCUT2D eigenvalue weighted by molar-refractivity contribution is 0.946. The second-order valence-corrected chi connectivity index (χ2v) is 4.88. The Morgan fingerprint density at radius 1 is 1.13 bits per heavy atom. The number of aromatic nitrogens is 2. The molecule has 0 unspecified atom stereocenters. The van der Waals surface area contributed by atoms with Gasteiger partial charge in [0, 0.05) is 5.92 Å². The lowest BCUT2D eigenvalue weighted by Crippen LogP contribution is -1.83. The summed E-state index contributed by atoms with van der Waals surface area (Å²) in [5.74, 6) is 1.17. The topological polar surface area (TPSA) is 51.8 Å². The Bertz CT molecular complexity index is 466. The van der Waals surface area contributed by atoms with Crippen molar-refractivity contribution in [2.75, 3.05) is 5.73 Å². The van der Waals surface area contributed by atoms with E-state index in [2.05, 4.69) is 34.5 Å². The van der Waals surface area contributed by atoms with Crippen molar-refractivity contribution in [3.8, 4) is 0 Å². The fraction of sp³-hybridized carbons (Fsp3) is 0.273. The highest BCUT2D eigenvalue weighted by molar-refractivity contribution is 7.15. The van der Waals surface area contributed by atoms with Gasteiger partial charge in [-0.1, -0.05) is 41.7 Å². The van der Waals surface area contributed by atoms with Gasteiger partial charge < -0.3 is 5.73 Å². The number of nitrogen functional groups attached to an aromatic ring is 1. The zero-order valence-corrected chi connectivity index (χ0v) is 8.95. The van der Waals surface area contributed by atoms with E-state index in [1.807, 2.05) is 6.07 Å². The monoisotopic (exact) mass is 217 g/mol. The maximum Gasteiger partial charge on any atom is 0.203 e. The van der Waals surface area contributed by atoms with Crippen LogP contribution in [0.15, 0.2) is 30.3 Å². The SMILES string of the molecule is Nc1nnc([C@H]2C[C@@H]2c2ccccc2)s1. The fourth-order valence-corrected chi connectivity index (χ4v) is 2.72. The van der Waals surface area contributed by atoms with Crippen molar-refractivity contribution in [2.24, 2.45) is 0 Å². The smallest absolute Gasteiger partial charge is 0.203 e. The predicted octanol–water partition coefficient (Wildman–Crippen LogP) is 2.39. The summed E-state index contributed by atoms with van der Waals surface area (Å²) >= 11 is 1.51. The molecule has 1 saturated carbocycles. The first-order chi connectivity index (χ1) is 7.34. The Labute approximate surface area is 92.0 Å². The first kappa shape index (κ1) is 8.85. The molecular formula is C11H11N3S. The molecule has 2 N–H and O–H groups in total. The van der Waals surface area contributed by atoms with Crippen LogP contribution in [-0.4, -0.2) is 10.2 Å². The van der Waals surface area contributed by atoms with Crippen molar-refractivity contribution >= 4 is 16.5 Å². The number of hydrogen-bond acceptors (Lipinski definition) is 4. The van der Waals surface area contributed by atoms with E-state index in [0.717, 1.165) is 5.01 Å². The minimum atomic E-state index is 0.544. The molecule has 3 rings (SSSR count). The lowest BCUT2D eigenvalue weighted by Gasteiger charge is -1.96. The maximum atomic E-state index is 5.57. The van der Waals surface area contributed by atoms with Gasteiger partial charge in [-0.15, -0.1) is 10.2 Å². The number of benzene rings is 1. The molecule has 0 saturated heterocycles. The van der Waals surface area contributed by atoms with Crippen molar-refractivity contribution in [1.29, 1.82) is 0 Å². The van der Waals surface area contributed by atoms with E-state index in [9.17, 15) is 0 Å². The van der Waals surface area contributed by atoms with Gasteiger partial charge in [0.15, 0.2) is 0 Å². The fourth-order valence-electron chi connectivity index (χ4n) is 1.93. The quantitative estimate of drug-likeness (QED) is 0.840. The van der Waals surface area contributed by atoms with Crippen LogP contribution in [0.3, 0.4) is 0 Å². The number of anilines is 1. The number of nitrogens with zero attached hydrogens (tertiary/aromatic N) is 2. The molecule has 1 heterocycles. The average Bonchev–Trinajstić information content (AvgIpc) is 2.96. The molecule has 2 aromatic rings. The largest absolute Gasteiger partial charge is 0.374 e. The summed E-state index contributed by atoms with van der Waals surface area (Å²) in [6.45, 7) is 0. The lowest BCUT2D eigenvalue weighted by atomic mass is 10.1. The van der Waals surface area contributed by atoms with Crippen LogP contribution in [0.4, 0.5) is 5.13 Å².